The van der Waals surface area contributed by atoms with Crippen LogP contribution >= 0.6 is 0 Å². The standard InChI is InChI=1S/C16H32N2O4/c1-2-3-4-5-6-7-8-9-10-11-14(19)17-13-18-15(20)12-16(21)22/h15,18,20H,2-13H2,1H3,(H,17,19)(H,21,22). The van der Waals surface area contributed by atoms with Gasteiger partial charge in [-0.15, -0.1) is 0 Å². The van der Waals surface area contributed by atoms with E-state index in [1.807, 2.05) is 0 Å². The summed E-state index contributed by atoms with van der Waals surface area (Å²) in [6, 6.07) is 0. The molecule has 0 heterocycles. The summed E-state index contributed by atoms with van der Waals surface area (Å²) < 4.78 is 0. The van der Waals surface area contributed by atoms with Gasteiger partial charge < -0.3 is 15.5 Å². The van der Waals surface area contributed by atoms with E-state index in [2.05, 4.69) is 17.6 Å². The molecule has 130 valence electrons. The number of carboxylic acid groups (broad SMARTS) is 1. The van der Waals surface area contributed by atoms with Gasteiger partial charge in [-0.2, -0.15) is 0 Å². The van der Waals surface area contributed by atoms with Gasteiger partial charge in [0, 0.05) is 6.42 Å². The number of unbranched alkanes of at least 4 members (excludes halogenated alkanes) is 8. The number of aliphatic hydroxyl groups excluding tert-OH is 1. The molecule has 0 spiro atoms. The molecule has 1 amide bonds. The van der Waals surface area contributed by atoms with Crippen LogP contribution in [0, 0.1) is 0 Å². The first-order valence-corrected chi connectivity index (χ1v) is 8.46. The van der Waals surface area contributed by atoms with Gasteiger partial charge in [0.25, 0.3) is 0 Å². The zero-order valence-corrected chi connectivity index (χ0v) is 13.8. The molecule has 0 aromatic rings. The highest BCUT2D eigenvalue weighted by Crippen LogP contribution is 2.10. The monoisotopic (exact) mass is 316 g/mol. The SMILES string of the molecule is CCCCCCCCCCCC(=O)NCNC(O)CC(=O)O. The maximum Gasteiger partial charge on any atom is 0.307 e. The Morgan fingerprint density at radius 1 is 0.955 bits per heavy atom. The second-order valence-electron chi connectivity index (χ2n) is 5.67. The summed E-state index contributed by atoms with van der Waals surface area (Å²) in [5.41, 5.74) is 0. The average Bonchev–Trinajstić information content (AvgIpc) is 2.44. The fourth-order valence-electron chi connectivity index (χ4n) is 2.19. The van der Waals surface area contributed by atoms with Crippen molar-refractivity contribution >= 4 is 11.9 Å². The molecule has 1 unspecified atom stereocenters. The summed E-state index contributed by atoms with van der Waals surface area (Å²) >= 11 is 0. The Kier molecular flexibility index (Phi) is 14.0. The minimum atomic E-state index is -1.13. The van der Waals surface area contributed by atoms with Crippen LogP contribution < -0.4 is 10.6 Å². The van der Waals surface area contributed by atoms with E-state index in [0.29, 0.717) is 6.42 Å². The summed E-state index contributed by atoms with van der Waals surface area (Å²) in [4.78, 5) is 21.8. The number of rotatable bonds is 15. The van der Waals surface area contributed by atoms with Gasteiger partial charge in [0.15, 0.2) is 0 Å². The van der Waals surface area contributed by atoms with Gasteiger partial charge in [0.2, 0.25) is 5.91 Å². The molecule has 6 nitrogen and oxygen atoms in total. The van der Waals surface area contributed by atoms with Gasteiger partial charge in [-0.25, -0.2) is 0 Å². The number of hydrogen-bond acceptors (Lipinski definition) is 4. The third kappa shape index (κ3) is 15.3. The van der Waals surface area contributed by atoms with Gasteiger partial charge >= 0.3 is 5.97 Å². The fourth-order valence-corrected chi connectivity index (χ4v) is 2.19. The molecular formula is C16H32N2O4. The largest absolute Gasteiger partial charge is 0.481 e. The summed E-state index contributed by atoms with van der Waals surface area (Å²) in [6.07, 6.45) is 9.87. The number of carboxylic acids is 1. The van der Waals surface area contributed by atoms with E-state index in [1.54, 1.807) is 0 Å². The number of hydrogen-bond donors (Lipinski definition) is 4. The van der Waals surface area contributed by atoms with Crippen molar-refractivity contribution in [2.45, 2.75) is 83.8 Å². The minimum absolute atomic E-state index is 0.0713. The van der Waals surface area contributed by atoms with Crippen molar-refractivity contribution in [3.05, 3.63) is 0 Å². The molecule has 1 atom stereocenters. The van der Waals surface area contributed by atoms with Crippen LogP contribution in [0.25, 0.3) is 0 Å². The second-order valence-corrected chi connectivity index (χ2v) is 5.67. The van der Waals surface area contributed by atoms with E-state index in [9.17, 15) is 14.7 Å². The molecule has 0 aromatic heterocycles. The van der Waals surface area contributed by atoms with Gasteiger partial charge in [-0.3, -0.25) is 14.9 Å². The zero-order valence-electron chi connectivity index (χ0n) is 13.8. The Hall–Kier alpha value is -1.14. The first kappa shape index (κ1) is 20.9. The average molecular weight is 316 g/mol. The normalized spacial score (nSPS) is 12.1. The Balaban J connectivity index is 3.31. The number of nitrogens with one attached hydrogen (secondary N) is 2. The molecule has 22 heavy (non-hydrogen) atoms. The summed E-state index contributed by atoms with van der Waals surface area (Å²) in [6.45, 7) is 2.30. The molecule has 0 saturated carbocycles. The van der Waals surface area contributed by atoms with Gasteiger partial charge in [0.05, 0.1) is 13.1 Å². The second kappa shape index (κ2) is 14.8. The Bertz CT molecular complexity index is 298. The van der Waals surface area contributed by atoms with Crippen LogP contribution in [0.5, 0.6) is 0 Å². The highest BCUT2D eigenvalue weighted by molar-refractivity contribution is 5.75. The van der Waals surface area contributed by atoms with Crippen molar-refractivity contribution < 1.29 is 19.8 Å². The number of amides is 1. The highest BCUT2D eigenvalue weighted by Gasteiger charge is 2.08. The minimum Gasteiger partial charge on any atom is -0.481 e. The van der Waals surface area contributed by atoms with Crippen molar-refractivity contribution in [1.29, 1.82) is 0 Å². The molecule has 0 aliphatic rings. The molecule has 0 bridgehead atoms. The van der Waals surface area contributed by atoms with Crippen LogP contribution in [0.2, 0.25) is 0 Å². The quantitative estimate of drug-likeness (QED) is 0.275. The maximum atomic E-state index is 11.5. The fraction of sp³-hybridized carbons (Fsp3) is 0.875. The number of aliphatic hydroxyl groups is 1. The smallest absolute Gasteiger partial charge is 0.307 e. The molecule has 0 aromatic carbocycles. The Labute approximate surface area is 133 Å². The van der Waals surface area contributed by atoms with Crippen LogP contribution in [0.1, 0.15) is 77.6 Å². The number of aliphatic carboxylic acids is 1. The van der Waals surface area contributed by atoms with Crippen LogP contribution in [0.4, 0.5) is 0 Å². The van der Waals surface area contributed by atoms with Crippen molar-refractivity contribution in [3.8, 4) is 0 Å². The lowest BCUT2D eigenvalue weighted by atomic mass is 10.1. The predicted molar refractivity (Wildman–Crippen MR) is 86.2 cm³/mol. The predicted octanol–water partition coefficient (Wildman–Crippen LogP) is 2.36. The van der Waals surface area contributed by atoms with Crippen molar-refractivity contribution in [2.24, 2.45) is 0 Å². The van der Waals surface area contributed by atoms with E-state index < -0.39 is 12.2 Å². The summed E-state index contributed by atoms with van der Waals surface area (Å²) in [7, 11) is 0. The van der Waals surface area contributed by atoms with Crippen LogP contribution in [0.15, 0.2) is 0 Å². The molecule has 0 aliphatic carbocycles. The molecule has 0 radical (unpaired) electrons. The Morgan fingerprint density at radius 2 is 1.50 bits per heavy atom. The number of carbonyl (C=O) groups excluding carboxylic acids is 1. The lowest BCUT2D eigenvalue weighted by molar-refractivity contribution is -0.139. The first-order valence-electron chi connectivity index (χ1n) is 8.46. The molecular weight excluding hydrogens is 284 g/mol. The zero-order chi connectivity index (χ0) is 16.6. The highest BCUT2D eigenvalue weighted by atomic mass is 16.4. The van der Waals surface area contributed by atoms with Gasteiger partial charge in [-0.05, 0) is 6.42 Å². The van der Waals surface area contributed by atoms with E-state index in [1.165, 1.54) is 44.9 Å². The molecule has 6 heteroatoms. The van der Waals surface area contributed by atoms with Crippen LogP contribution in [-0.4, -0.2) is 35.0 Å². The van der Waals surface area contributed by atoms with E-state index >= 15 is 0 Å². The third-order valence-corrected chi connectivity index (χ3v) is 3.50. The molecule has 0 saturated heterocycles. The van der Waals surface area contributed by atoms with Crippen molar-refractivity contribution in [3.63, 3.8) is 0 Å². The van der Waals surface area contributed by atoms with E-state index in [0.717, 1.165) is 12.8 Å². The summed E-state index contributed by atoms with van der Waals surface area (Å²) in [5.74, 6) is -1.15. The first-order chi connectivity index (χ1) is 10.6. The van der Waals surface area contributed by atoms with E-state index in [-0.39, 0.29) is 19.0 Å². The van der Waals surface area contributed by atoms with Crippen LogP contribution in [-0.2, 0) is 9.59 Å². The number of carbonyl (C=O) groups is 2. The van der Waals surface area contributed by atoms with Crippen molar-refractivity contribution in [2.75, 3.05) is 6.67 Å². The van der Waals surface area contributed by atoms with Crippen LogP contribution in [0.3, 0.4) is 0 Å². The lowest BCUT2D eigenvalue weighted by Gasteiger charge is -2.11. The molecule has 0 aliphatic heterocycles. The Morgan fingerprint density at radius 3 is 2.05 bits per heavy atom. The van der Waals surface area contributed by atoms with Gasteiger partial charge in [-0.1, -0.05) is 58.3 Å². The van der Waals surface area contributed by atoms with Gasteiger partial charge in [0.1, 0.15) is 6.23 Å². The molecule has 0 rings (SSSR count). The molecule has 0 fully saturated rings. The van der Waals surface area contributed by atoms with E-state index in [4.69, 9.17) is 5.11 Å². The maximum absolute atomic E-state index is 11.5. The third-order valence-electron chi connectivity index (χ3n) is 3.50. The van der Waals surface area contributed by atoms with Crippen molar-refractivity contribution in [1.82, 2.24) is 10.6 Å². The molecule has 4 N–H and O–H groups in total. The topological polar surface area (TPSA) is 98.7 Å². The summed E-state index contributed by atoms with van der Waals surface area (Å²) in [5, 5.41) is 22.8. The lowest BCUT2D eigenvalue weighted by Crippen LogP contribution is -2.40.